The van der Waals surface area contributed by atoms with Crippen LogP contribution in [0.3, 0.4) is 0 Å². The molecule has 0 bridgehead atoms. The average Bonchev–Trinajstić information content (AvgIpc) is 3.05. The second-order valence-electron chi connectivity index (χ2n) is 15.6. The number of ether oxygens (including phenoxy) is 2. The summed E-state index contributed by atoms with van der Waals surface area (Å²) in [6.07, 6.45) is 28.0. The van der Waals surface area contributed by atoms with Crippen LogP contribution >= 0.6 is 0 Å². The summed E-state index contributed by atoms with van der Waals surface area (Å²) < 4.78 is 13.4. The fourth-order valence-electron chi connectivity index (χ4n) is 10.3. The lowest BCUT2D eigenvalue weighted by Crippen LogP contribution is -2.71. The number of hydrogen-bond acceptors (Lipinski definition) is 6. The molecule has 5 atom stereocenters. The minimum absolute atomic E-state index is 0.495. The molecule has 1 heterocycles. The van der Waals surface area contributed by atoms with Crippen LogP contribution in [0.25, 0.3) is 0 Å². The maximum absolute atomic E-state index is 6.72. The second-order valence-corrected chi connectivity index (χ2v) is 15.6. The van der Waals surface area contributed by atoms with Crippen LogP contribution in [0.1, 0.15) is 135 Å². The van der Waals surface area contributed by atoms with E-state index < -0.39 is 0 Å². The second kappa shape index (κ2) is 15.4. The van der Waals surface area contributed by atoms with Gasteiger partial charge in [0.05, 0.1) is 24.4 Å². The first-order chi connectivity index (χ1) is 20.6. The maximum Gasteiger partial charge on any atom is 0.0580 e. The Morgan fingerprint density at radius 1 is 0.500 bits per heavy atom. The summed E-state index contributed by atoms with van der Waals surface area (Å²) in [6, 6.07) is 4.03. The third-order valence-corrected chi connectivity index (χ3v) is 13.1. The zero-order valence-electron chi connectivity index (χ0n) is 27.5. The zero-order chi connectivity index (χ0) is 28.9. The lowest BCUT2D eigenvalue weighted by atomic mass is 9.69. The van der Waals surface area contributed by atoms with Crippen molar-refractivity contribution >= 4 is 0 Å². The van der Waals surface area contributed by atoms with Crippen LogP contribution in [0.5, 0.6) is 0 Å². The van der Waals surface area contributed by atoms with Gasteiger partial charge in [0.2, 0.25) is 0 Å². The molecule has 6 fully saturated rings. The van der Waals surface area contributed by atoms with Gasteiger partial charge in [0, 0.05) is 36.3 Å². The minimum atomic E-state index is 0.495. The Morgan fingerprint density at radius 3 is 1.31 bits per heavy atom. The van der Waals surface area contributed by atoms with Gasteiger partial charge in [0.25, 0.3) is 0 Å². The number of nitrogens with one attached hydrogen (secondary N) is 4. The van der Waals surface area contributed by atoms with E-state index >= 15 is 0 Å². The Hall–Kier alpha value is -0.240. The van der Waals surface area contributed by atoms with Crippen molar-refractivity contribution in [2.75, 3.05) is 14.1 Å². The average molecular weight is 587 g/mol. The Bertz CT molecular complexity index is 781. The molecular weight excluding hydrogens is 520 g/mol. The maximum atomic E-state index is 6.72. The van der Waals surface area contributed by atoms with Crippen LogP contribution in [0, 0.1) is 17.8 Å². The Morgan fingerprint density at radius 2 is 0.905 bits per heavy atom. The Kier molecular flexibility index (Phi) is 11.6. The van der Waals surface area contributed by atoms with Crippen LogP contribution in [0.15, 0.2) is 0 Å². The van der Waals surface area contributed by atoms with Crippen molar-refractivity contribution in [2.45, 2.75) is 196 Å². The fourth-order valence-corrected chi connectivity index (χ4v) is 10.3. The summed E-state index contributed by atoms with van der Waals surface area (Å²) in [7, 11) is 4.23. The van der Waals surface area contributed by atoms with Gasteiger partial charge < -0.3 is 30.7 Å². The van der Waals surface area contributed by atoms with Crippen LogP contribution < -0.4 is 21.3 Å². The molecule has 0 aromatic carbocycles. The zero-order valence-corrected chi connectivity index (χ0v) is 27.5. The molecule has 0 radical (unpaired) electrons. The van der Waals surface area contributed by atoms with E-state index in [-0.39, 0.29) is 0 Å². The highest BCUT2D eigenvalue weighted by Crippen LogP contribution is 2.41. The highest BCUT2D eigenvalue weighted by Gasteiger charge is 2.46. The third kappa shape index (κ3) is 7.94. The fraction of sp³-hybridized carbons (Fsp3) is 1.00. The van der Waals surface area contributed by atoms with E-state index in [0.717, 1.165) is 17.8 Å². The summed E-state index contributed by atoms with van der Waals surface area (Å²) in [5.41, 5.74) is 0. The van der Waals surface area contributed by atoms with Crippen molar-refractivity contribution in [3.63, 3.8) is 0 Å². The summed E-state index contributed by atoms with van der Waals surface area (Å²) in [4.78, 5) is 0. The highest BCUT2D eigenvalue weighted by molar-refractivity contribution is 5.06. The van der Waals surface area contributed by atoms with Gasteiger partial charge in [-0.15, -0.1) is 0 Å². The van der Waals surface area contributed by atoms with Gasteiger partial charge in [-0.1, -0.05) is 13.3 Å². The monoisotopic (exact) mass is 587 g/mol. The molecule has 6 rings (SSSR count). The first-order valence-electron chi connectivity index (χ1n) is 18.8. The number of piperazine rings is 1. The van der Waals surface area contributed by atoms with E-state index in [1.165, 1.54) is 128 Å². The van der Waals surface area contributed by atoms with Gasteiger partial charge >= 0.3 is 0 Å². The van der Waals surface area contributed by atoms with Gasteiger partial charge in [-0.25, -0.2) is 0 Å². The van der Waals surface area contributed by atoms with Gasteiger partial charge in [0.1, 0.15) is 0 Å². The van der Waals surface area contributed by atoms with Crippen molar-refractivity contribution in [1.82, 2.24) is 21.3 Å². The normalized spacial score (nSPS) is 47.1. The van der Waals surface area contributed by atoms with Crippen molar-refractivity contribution in [3.05, 3.63) is 0 Å². The third-order valence-electron chi connectivity index (χ3n) is 13.1. The lowest BCUT2D eigenvalue weighted by molar-refractivity contribution is -0.0654. The van der Waals surface area contributed by atoms with E-state index in [1.54, 1.807) is 0 Å². The van der Waals surface area contributed by atoms with Gasteiger partial charge in [-0.05, 0) is 154 Å². The molecule has 6 heteroatoms. The van der Waals surface area contributed by atoms with Crippen LogP contribution in [-0.2, 0) is 9.47 Å². The van der Waals surface area contributed by atoms with E-state index in [0.29, 0.717) is 60.7 Å². The summed E-state index contributed by atoms with van der Waals surface area (Å²) in [5, 5.41) is 15.7. The predicted molar refractivity (Wildman–Crippen MR) is 173 cm³/mol. The van der Waals surface area contributed by atoms with Gasteiger partial charge in [-0.2, -0.15) is 0 Å². The predicted octanol–water partition coefficient (Wildman–Crippen LogP) is 6.08. The molecular formula is C36H66N4O2. The quantitative estimate of drug-likeness (QED) is 0.263. The summed E-state index contributed by atoms with van der Waals surface area (Å²) >= 11 is 0. The molecule has 5 unspecified atom stereocenters. The first kappa shape index (κ1) is 31.7. The topological polar surface area (TPSA) is 66.6 Å². The molecule has 4 N–H and O–H groups in total. The molecule has 6 nitrogen and oxygen atoms in total. The lowest BCUT2D eigenvalue weighted by Gasteiger charge is -2.53. The molecule has 5 saturated carbocycles. The van der Waals surface area contributed by atoms with E-state index in [4.69, 9.17) is 9.47 Å². The van der Waals surface area contributed by atoms with E-state index in [2.05, 4.69) is 42.3 Å². The molecule has 6 aliphatic rings. The molecule has 242 valence electrons. The Labute approximate surface area is 258 Å². The molecule has 1 saturated heterocycles. The smallest absolute Gasteiger partial charge is 0.0580 e. The van der Waals surface area contributed by atoms with Crippen LogP contribution in [0.2, 0.25) is 0 Å². The van der Waals surface area contributed by atoms with E-state index in [1.807, 2.05) is 0 Å². The van der Waals surface area contributed by atoms with Crippen LogP contribution in [-0.4, -0.2) is 74.8 Å². The van der Waals surface area contributed by atoms with Gasteiger partial charge in [0.15, 0.2) is 0 Å². The molecule has 0 spiro atoms. The Balaban J connectivity index is 1.03. The molecule has 0 aromatic heterocycles. The van der Waals surface area contributed by atoms with Crippen molar-refractivity contribution < 1.29 is 9.47 Å². The number of fused-ring (bicyclic) bond motifs is 1. The van der Waals surface area contributed by atoms with E-state index in [9.17, 15) is 0 Å². The molecule has 0 aromatic rings. The van der Waals surface area contributed by atoms with Gasteiger partial charge in [-0.3, -0.25) is 0 Å². The molecule has 5 aliphatic carbocycles. The minimum Gasteiger partial charge on any atom is -0.375 e. The molecule has 42 heavy (non-hydrogen) atoms. The van der Waals surface area contributed by atoms with Crippen molar-refractivity contribution in [3.8, 4) is 0 Å². The first-order valence-corrected chi connectivity index (χ1v) is 18.8. The summed E-state index contributed by atoms with van der Waals surface area (Å²) in [5.74, 6) is 2.50. The van der Waals surface area contributed by atoms with Crippen molar-refractivity contribution in [2.24, 2.45) is 17.8 Å². The number of rotatable bonds is 9. The molecule has 1 aliphatic heterocycles. The number of hydrogen-bond donors (Lipinski definition) is 4. The largest absolute Gasteiger partial charge is 0.375 e. The standard InChI is InChI=1S/C36H66N4O2/c1-4-24-5-22-33-34(23-24)40-36(26-8-16-30(17-9-26)42-32-20-12-28(38-3)13-21-32)35(39-33)25-6-14-29(15-7-25)41-31-18-10-27(37-2)11-19-31/h24-40H,4-23H2,1-3H3. The highest BCUT2D eigenvalue weighted by atomic mass is 16.5. The molecule has 0 amide bonds. The van der Waals surface area contributed by atoms with Crippen LogP contribution in [0.4, 0.5) is 0 Å². The SMILES string of the molecule is CCC1CCC2NC(C3CCC(OC4CCC(NC)CC4)CC3)C(C3CCC(OC4CCC(NC)CC4)CC3)NC2C1. The summed E-state index contributed by atoms with van der Waals surface area (Å²) in [6.45, 7) is 2.40. The van der Waals surface area contributed by atoms with Crippen molar-refractivity contribution in [1.29, 1.82) is 0 Å².